The number of hydrogen-bond acceptors (Lipinski definition) is 7. The van der Waals surface area contributed by atoms with Crippen LogP contribution in [0.15, 0.2) is 72.8 Å². The second-order valence-electron chi connectivity index (χ2n) is 15.1. The minimum Gasteiger partial charge on any atom is -0.506 e. The number of rotatable bonds is 18. The van der Waals surface area contributed by atoms with E-state index in [2.05, 4.69) is 41.8 Å². The number of nitrogens with one attached hydrogen (secondary N) is 2. The summed E-state index contributed by atoms with van der Waals surface area (Å²) in [6, 6.07) is 23.3. The molecule has 9 heteroatoms. The molecule has 270 valence electrons. The minimum absolute atomic E-state index is 0.0418. The number of fused-ring (bicyclic) bond motifs is 3. The molecule has 0 radical (unpaired) electrons. The molecule has 1 amide bonds. The Hall–Kier alpha value is -3.47. The third kappa shape index (κ3) is 8.87. The molecule has 4 aliphatic rings. The van der Waals surface area contributed by atoms with Crippen LogP contribution in [0.5, 0.6) is 11.5 Å². The van der Waals surface area contributed by atoms with E-state index in [1.54, 1.807) is 12.1 Å². The van der Waals surface area contributed by atoms with Gasteiger partial charge in [0.1, 0.15) is 29.7 Å². The molecular weight excluding hydrogens is 630 g/mol. The van der Waals surface area contributed by atoms with Crippen molar-refractivity contribution in [3.8, 4) is 11.5 Å². The average Bonchev–Trinajstić information content (AvgIpc) is 3.70. The van der Waals surface area contributed by atoms with Crippen molar-refractivity contribution in [3.63, 3.8) is 0 Å². The lowest BCUT2D eigenvalue weighted by atomic mass is 9.80. The second-order valence-corrected chi connectivity index (χ2v) is 15.1. The molecule has 0 spiro atoms. The maximum atomic E-state index is 12.0. The fraction of sp³-hybridized carbons (Fsp3) is 0.537. The Balaban J connectivity index is 0.927. The zero-order chi connectivity index (χ0) is 35.0. The molecule has 3 saturated heterocycles. The average molecular weight is 687 g/mol. The van der Waals surface area contributed by atoms with Gasteiger partial charge in [0.25, 0.3) is 0 Å². The molecule has 3 aromatic rings. The van der Waals surface area contributed by atoms with E-state index < -0.39 is 11.7 Å². The van der Waals surface area contributed by atoms with E-state index in [1.165, 1.54) is 50.4 Å². The predicted octanol–water partition coefficient (Wildman–Crippen LogP) is 5.69. The number of nitrogens with zero attached hydrogens (tertiary/aromatic N) is 1. The molecule has 3 aliphatic heterocycles. The van der Waals surface area contributed by atoms with Gasteiger partial charge in [-0.15, -0.1) is 0 Å². The molecule has 5 N–H and O–H groups in total. The van der Waals surface area contributed by atoms with Crippen LogP contribution in [0, 0.1) is 11.8 Å². The number of carbonyl (C=O) groups is 1. The first-order valence-electron chi connectivity index (χ1n) is 18.7. The Morgan fingerprint density at radius 1 is 1.00 bits per heavy atom. The topological polar surface area (TPSA) is 120 Å². The van der Waals surface area contributed by atoms with Gasteiger partial charge in [0.2, 0.25) is 6.41 Å². The van der Waals surface area contributed by atoms with Crippen LogP contribution in [0.1, 0.15) is 74.7 Å². The molecule has 2 bridgehead atoms. The summed E-state index contributed by atoms with van der Waals surface area (Å²) in [7, 11) is 0. The predicted molar refractivity (Wildman–Crippen MR) is 195 cm³/mol. The number of amides is 1. The molecule has 3 heterocycles. The highest BCUT2D eigenvalue weighted by atomic mass is 16.5. The normalized spacial score (nSPS) is 24.4. The van der Waals surface area contributed by atoms with E-state index in [-0.39, 0.29) is 29.5 Å². The molecule has 1 saturated carbocycles. The van der Waals surface area contributed by atoms with Gasteiger partial charge in [-0.2, -0.15) is 0 Å². The second kappa shape index (κ2) is 16.7. The molecule has 7 rings (SSSR count). The minimum atomic E-state index is -0.911. The van der Waals surface area contributed by atoms with Gasteiger partial charge in [-0.25, -0.2) is 0 Å². The number of hydrogen-bond donors (Lipinski definition) is 5. The summed E-state index contributed by atoms with van der Waals surface area (Å²) in [5, 5.41) is 38.3. The third-order valence-corrected chi connectivity index (χ3v) is 11.7. The van der Waals surface area contributed by atoms with Gasteiger partial charge < -0.3 is 39.9 Å². The van der Waals surface area contributed by atoms with E-state index in [1.807, 2.05) is 30.3 Å². The van der Waals surface area contributed by atoms with E-state index in [9.17, 15) is 20.1 Å². The molecule has 4 atom stereocenters. The van der Waals surface area contributed by atoms with Gasteiger partial charge in [0.05, 0.1) is 44.6 Å². The maximum absolute atomic E-state index is 12.0. The van der Waals surface area contributed by atoms with Gasteiger partial charge in [0, 0.05) is 37.8 Å². The first kappa shape index (κ1) is 36.3. The Kier molecular flexibility index (Phi) is 12.1. The number of aromatic hydroxyl groups is 1. The highest BCUT2D eigenvalue weighted by molar-refractivity contribution is 5.75. The highest BCUT2D eigenvalue weighted by Crippen LogP contribution is 2.42. The largest absolute Gasteiger partial charge is 0.506 e. The van der Waals surface area contributed by atoms with Gasteiger partial charge in [-0.1, -0.05) is 61.4 Å². The van der Waals surface area contributed by atoms with Crippen LogP contribution >= 0.6 is 0 Å². The zero-order valence-electron chi connectivity index (χ0n) is 29.5. The van der Waals surface area contributed by atoms with Gasteiger partial charge in [0.15, 0.2) is 0 Å². The molecule has 0 unspecified atom stereocenters. The number of carbonyl (C=O) groups excluding carboxylic acids is 1. The molecule has 1 aliphatic carbocycles. The van der Waals surface area contributed by atoms with Crippen LogP contribution in [-0.2, 0) is 21.6 Å². The van der Waals surface area contributed by atoms with Crippen molar-refractivity contribution in [2.45, 2.75) is 82.1 Å². The number of ether oxygens (including phenoxy) is 2. The quantitative estimate of drug-likeness (QED) is 0.0505. The first-order chi connectivity index (χ1) is 24.3. The summed E-state index contributed by atoms with van der Waals surface area (Å²) in [4.78, 5) is 10.8. The molecule has 4 fully saturated rings. The van der Waals surface area contributed by atoms with Crippen LogP contribution < -0.4 is 15.4 Å². The van der Waals surface area contributed by atoms with Gasteiger partial charge >= 0.3 is 0 Å². The number of quaternary nitrogens is 1. The van der Waals surface area contributed by atoms with E-state index in [0.717, 1.165) is 54.6 Å². The number of benzene rings is 3. The van der Waals surface area contributed by atoms with Crippen molar-refractivity contribution in [2.24, 2.45) is 11.8 Å². The maximum Gasteiger partial charge on any atom is 0.211 e. The fourth-order valence-electron chi connectivity index (χ4n) is 8.63. The van der Waals surface area contributed by atoms with Crippen LogP contribution in [-0.4, -0.2) is 84.3 Å². The number of phenolic OH excluding ortho intramolecular Hbond substituents is 1. The Morgan fingerprint density at radius 2 is 1.74 bits per heavy atom. The summed E-state index contributed by atoms with van der Waals surface area (Å²) in [5.41, 5.74) is 2.16. The number of phenols is 1. The van der Waals surface area contributed by atoms with Crippen LogP contribution in [0.25, 0.3) is 0 Å². The van der Waals surface area contributed by atoms with Crippen molar-refractivity contribution in [1.82, 2.24) is 5.32 Å². The lowest BCUT2D eigenvalue weighted by Gasteiger charge is -2.53. The molecule has 9 nitrogen and oxygen atoms in total. The van der Waals surface area contributed by atoms with Gasteiger partial charge in [-0.3, -0.25) is 4.79 Å². The standard InChI is InChI=1S/C41H55N3O6/c1-30(42-26-39(47)33-14-17-38(46)37(25-33)43-29-45)24-31-12-15-36(16-13-31)49-23-7-20-44-21-18-32(19-22-44)40(27-44)50-28-41(48,35-10-5-6-11-35)34-8-3-2-4-9-34/h2-4,8-9,12-17,25,29-30,32,35,39-40,42,47-48H,5-7,10-11,18-24,26-28H2,1H3,(H-,43,45,46)/p+1/t30-,32?,39-,40-,41+,44?/m0/s1. The monoisotopic (exact) mass is 686 g/mol. The first-order valence-corrected chi connectivity index (χ1v) is 18.7. The number of aliphatic hydroxyl groups is 2. The van der Waals surface area contributed by atoms with Crippen LogP contribution in [0.3, 0.4) is 0 Å². The molecule has 3 aromatic carbocycles. The van der Waals surface area contributed by atoms with Crippen molar-refractivity contribution in [2.75, 3.05) is 51.3 Å². The van der Waals surface area contributed by atoms with Crippen molar-refractivity contribution < 1.29 is 34.1 Å². The fourth-order valence-corrected chi connectivity index (χ4v) is 8.63. The number of anilines is 1. The van der Waals surface area contributed by atoms with Crippen molar-refractivity contribution in [1.29, 1.82) is 0 Å². The summed E-state index contributed by atoms with van der Waals surface area (Å²) in [5.74, 6) is 1.69. The van der Waals surface area contributed by atoms with Crippen LogP contribution in [0.4, 0.5) is 5.69 Å². The molecule has 0 aromatic heterocycles. The van der Waals surface area contributed by atoms with Gasteiger partial charge in [-0.05, 0) is 73.1 Å². The zero-order valence-corrected chi connectivity index (χ0v) is 29.5. The van der Waals surface area contributed by atoms with E-state index in [4.69, 9.17) is 9.47 Å². The lowest BCUT2D eigenvalue weighted by molar-refractivity contribution is -0.946. The third-order valence-electron chi connectivity index (χ3n) is 11.7. The summed E-state index contributed by atoms with van der Waals surface area (Å²) < 4.78 is 14.0. The lowest BCUT2D eigenvalue weighted by Crippen LogP contribution is -2.65. The number of piperidine rings is 3. The SMILES string of the molecule is C[C@@H](Cc1ccc(OCCC[N+]23CCC(CC2)[C@@H](OC[C@@](O)(c2ccccc2)C2CCCC2)C3)cc1)NC[C@H](O)c1ccc(O)c(NC=O)c1. The van der Waals surface area contributed by atoms with E-state index >= 15 is 0 Å². The Labute approximate surface area is 297 Å². The highest BCUT2D eigenvalue weighted by Gasteiger charge is 2.48. The number of aliphatic hydroxyl groups excluding tert-OH is 1. The smallest absolute Gasteiger partial charge is 0.211 e. The Bertz CT molecular complexity index is 1510. The molecule has 50 heavy (non-hydrogen) atoms. The summed E-state index contributed by atoms with van der Waals surface area (Å²) >= 11 is 0. The van der Waals surface area contributed by atoms with Crippen LogP contribution in [0.2, 0.25) is 0 Å². The molecular formula is C41H56N3O6+. The van der Waals surface area contributed by atoms with Crippen molar-refractivity contribution >= 4 is 12.1 Å². The summed E-state index contributed by atoms with van der Waals surface area (Å²) in [6.07, 6.45) is 8.63. The van der Waals surface area contributed by atoms with Crippen molar-refractivity contribution in [3.05, 3.63) is 89.5 Å². The summed E-state index contributed by atoms with van der Waals surface area (Å²) in [6.45, 7) is 8.04. The van der Waals surface area contributed by atoms with E-state index in [0.29, 0.717) is 37.6 Å². The Morgan fingerprint density at radius 3 is 2.46 bits per heavy atom.